The van der Waals surface area contributed by atoms with Crippen molar-refractivity contribution in [3.05, 3.63) is 59.4 Å². The van der Waals surface area contributed by atoms with Crippen molar-refractivity contribution in [2.75, 3.05) is 20.3 Å². The van der Waals surface area contributed by atoms with Crippen molar-refractivity contribution in [3.63, 3.8) is 0 Å². The molecule has 2 aromatic heterocycles. The zero-order valence-electron chi connectivity index (χ0n) is 14.0. The molecule has 0 spiro atoms. The number of carbonyl (C=O) groups excluding carboxylic acids is 2. The Balaban J connectivity index is 2.15. The highest BCUT2D eigenvalue weighted by Crippen LogP contribution is 2.33. The van der Waals surface area contributed by atoms with Gasteiger partial charge in [-0.25, -0.2) is 0 Å². The van der Waals surface area contributed by atoms with Crippen LogP contribution >= 0.6 is 11.6 Å². The minimum absolute atomic E-state index is 0.0115. The van der Waals surface area contributed by atoms with Gasteiger partial charge in [-0.05, 0) is 35.9 Å². The molecule has 0 atom stereocenters. The first-order chi connectivity index (χ1) is 12.6. The summed E-state index contributed by atoms with van der Waals surface area (Å²) in [6.07, 6.45) is 1.72. The van der Waals surface area contributed by atoms with Gasteiger partial charge in [0.15, 0.2) is 0 Å². The van der Waals surface area contributed by atoms with Gasteiger partial charge in [-0.3, -0.25) is 9.59 Å². The van der Waals surface area contributed by atoms with E-state index >= 15 is 0 Å². The average Bonchev–Trinajstić information content (AvgIpc) is 3.04. The van der Waals surface area contributed by atoms with Crippen LogP contribution in [0.3, 0.4) is 0 Å². The van der Waals surface area contributed by atoms with Crippen LogP contribution < -0.4 is 10.1 Å². The molecule has 0 saturated carbocycles. The molecule has 0 aliphatic heterocycles. The lowest BCUT2D eigenvalue weighted by Gasteiger charge is -2.08. The number of methoxy groups -OCH3 is 1. The highest BCUT2D eigenvalue weighted by molar-refractivity contribution is 6.43. The molecule has 0 saturated heterocycles. The Morgan fingerprint density at radius 3 is 2.73 bits per heavy atom. The van der Waals surface area contributed by atoms with E-state index in [1.165, 1.54) is 7.11 Å². The van der Waals surface area contributed by atoms with Crippen molar-refractivity contribution >= 4 is 28.8 Å². The fraction of sp³-hybridized carbons (Fsp3) is 0.158. The van der Waals surface area contributed by atoms with Crippen LogP contribution in [0.2, 0.25) is 5.02 Å². The number of aliphatic hydroxyl groups is 1. The Hall–Kier alpha value is -2.83. The standard InChI is InChI=1S/C19H17ClN2O4/c1-26-16-6-5-12(10-15(16)20)14-11-13-4-2-3-8-22(13)17(14)18(24)19(25)21-7-9-23/h2-6,8,10-11,23H,7,9H2,1H3,(H,21,25). The maximum absolute atomic E-state index is 12.8. The van der Waals surface area contributed by atoms with Crippen molar-refractivity contribution in [2.24, 2.45) is 0 Å². The van der Waals surface area contributed by atoms with E-state index in [1.54, 1.807) is 34.9 Å². The molecule has 0 bridgehead atoms. The summed E-state index contributed by atoms with van der Waals surface area (Å²) in [7, 11) is 1.52. The first-order valence-electron chi connectivity index (χ1n) is 7.94. The fourth-order valence-electron chi connectivity index (χ4n) is 2.77. The smallest absolute Gasteiger partial charge is 0.294 e. The molecule has 0 aliphatic carbocycles. The molecule has 3 rings (SSSR count). The number of Topliss-reactive ketones (excluding diaryl/α,β-unsaturated/α-hetero) is 1. The van der Waals surface area contributed by atoms with Crippen LogP contribution in [0.15, 0.2) is 48.7 Å². The number of fused-ring (bicyclic) bond motifs is 1. The van der Waals surface area contributed by atoms with E-state index in [0.717, 1.165) is 5.52 Å². The number of carbonyl (C=O) groups is 2. The number of rotatable bonds is 6. The molecule has 0 aliphatic rings. The van der Waals surface area contributed by atoms with Gasteiger partial charge in [0.05, 0.1) is 18.7 Å². The molecule has 2 N–H and O–H groups in total. The van der Waals surface area contributed by atoms with E-state index in [4.69, 9.17) is 21.4 Å². The van der Waals surface area contributed by atoms with Gasteiger partial charge in [-0.1, -0.05) is 23.7 Å². The van der Waals surface area contributed by atoms with Crippen molar-refractivity contribution in [1.29, 1.82) is 0 Å². The summed E-state index contributed by atoms with van der Waals surface area (Å²) in [4.78, 5) is 24.9. The van der Waals surface area contributed by atoms with Gasteiger partial charge in [0.1, 0.15) is 11.4 Å². The highest BCUT2D eigenvalue weighted by Gasteiger charge is 2.24. The number of ether oxygens (including phenoxy) is 1. The summed E-state index contributed by atoms with van der Waals surface area (Å²) < 4.78 is 6.82. The van der Waals surface area contributed by atoms with Gasteiger partial charge in [-0.2, -0.15) is 0 Å². The second kappa shape index (κ2) is 7.59. The van der Waals surface area contributed by atoms with Crippen LogP contribution in [0.1, 0.15) is 10.5 Å². The largest absolute Gasteiger partial charge is 0.495 e. The van der Waals surface area contributed by atoms with Crippen molar-refractivity contribution in [1.82, 2.24) is 9.72 Å². The quantitative estimate of drug-likeness (QED) is 0.515. The molecular weight excluding hydrogens is 356 g/mol. The molecule has 0 unspecified atom stereocenters. The van der Waals surface area contributed by atoms with Crippen LogP contribution in [0, 0.1) is 0 Å². The summed E-state index contributed by atoms with van der Waals surface area (Å²) >= 11 is 6.22. The third-order valence-electron chi connectivity index (χ3n) is 3.96. The molecular formula is C19H17ClN2O4. The summed E-state index contributed by atoms with van der Waals surface area (Å²) in [6, 6.07) is 12.5. The number of amides is 1. The molecule has 6 nitrogen and oxygen atoms in total. The number of pyridine rings is 1. The molecule has 1 amide bonds. The Kier molecular flexibility index (Phi) is 5.25. The van der Waals surface area contributed by atoms with Gasteiger partial charge >= 0.3 is 0 Å². The normalized spacial score (nSPS) is 10.7. The van der Waals surface area contributed by atoms with Gasteiger partial charge in [0.25, 0.3) is 11.7 Å². The van der Waals surface area contributed by atoms with Gasteiger partial charge in [0, 0.05) is 23.8 Å². The number of nitrogens with zero attached hydrogens (tertiary/aromatic N) is 1. The third kappa shape index (κ3) is 3.29. The van der Waals surface area contributed by atoms with E-state index in [-0.39, 0.29) is 18.8 Å². The number of hydrogen-bond donors (Lipinski definition) is 2. The predicted molar refractivity (Wildman–Crippen MR) is 98.8 cm³/mol. The van der Waals surface area contributed by atoms with Crippen LogP contribution in [0.4, 0.5) is 0 Å². The maximum Gasteiger partial charge on any atom is 0.294 e. The molecule has 0 radical (unpaired) electrons. The summed E-state index contributed by atoms with van der Waals surface area (Å²) in [5.74, 6) is -0.942. The first kappa shape index (κ1) is 18.0. The second-order valence-corrected chi connectivity index (χ2v) is 5.97. The number of aromatic nitrogens is 1. The van der Waals surface area contributed by atoms with Crippen LogP contribution in [0.25, 0.3) is 16.6 Å². The zero-order chi connectivity index (χ0) is 18.7. The third-order valence-corrected chi connectivity index (χ3v) is 4.26. The van der Waals surface area contributed by atoms with E-state index in [1.807, 2.05) is 18.2 Å². The SMILES string of the molecule is COc1ccc(-c2cc3ccccn3c2C(=O)C(=O)NCCO)cc1Cl. The van der Waals surface area contributed by atoms with E-state index in [0.29, 0.717) is 21.9 Å². The molecule has 0 fully saturated rings. The minimum atomic E-state index is -0.774. The topological polar surface area (TPSA) is 80.0 Å². The monoisotopic (exact) mass is 372 g/mol. The minimum Gasteiger partial charge on any atom is -0.495 e. The van der Waals surface area contributed by atoms with Crippen LogP contribution in [-0.2, 0) is 4.79 Å². The molecule has 3 aromatic rings. The lowest BCUT2D eigenvalue weighted by molar-refractivity contribution is -0.117. The van der Waals surface area contributed by atoms with Gasteiger partial charge < -0.3 is 19.6 Å². The summed E-state index contributed by atoms with van der Waals surface area (Å²) in [6.45, 7) is -0.230. The number of halogens is 1. The molecule has 2 heterocycles. The molecule has 26 heavy (non-hydrogen) atoms. The van der Waals surface area contributed by atoms with Crippen LogP contribution in [0.5, 0.6) is 5.75 Å². The second-order valence-electron chi connectivity index (χ2n) is 5.56. The first-order valence-corrected chi connectivity index (χ1v) is 8.32. The number of benzene rings is 1. The van der Waals surface area contributed by atoms with Crippen molar-refractivity contribution < 1.29 is 19.4 Å². The van der Waals surface area contributed by atoms with E-state index in [2.05, 4.69) is 5.32 Å². The van der Waals surface area contributed by atoms with E-state index < -0.39 is 11.7 Å². The van der Waals surface area contributed by atoms with Crippen LogP contribution in [-0.4, -0.2) is 41.5 Å². The number of aliphatic hydroxyl groups excluding tert-OH is 1. The molecule has 134 valence electrons. The highest BCUT2D eigenvalue weighted by atomic mass is 35.5. The van der Waals surface area contributed by atoms with Crippen molar-refractivity contribution in [2.45, 2.75) is 0 Å². The summed E-state index contributed by atoms with van der Waals surface area (Å²) in [5.41, 5.74) is 2.28. The fourth-order valence-corrected chi connectivity index (χ4v) is 3.02. The Morgan fingerprint density at radius 1 is 1.23 bits per heavy atom. The number of nitrogens with one attached hydrogen (secondary N) is 1. The maximum atomic E-state index is 12.8. The van der Waals surface area contributed by atoms with Gasteiger partial charge in [-0.15, -0.1) is 0 Å². The number of ketones is 1. The lowest BCUT2D eigenvalue weighted by atomic mass is 10.0. The molecule has 1 aromatic carbocycles. The Bertz CT molecular complexity index is 981. The Morgan fingerprint density at radius 2 is 2.04 bits per heavy atom. The lowest BCUT2D eigenvalue weighted by Crippen LogP contribution is -2.33. The zero-order valence-corrected chi connectivity index (χ0v) is 14.8. The predicted octanol–water partition coefficient (Wildman–Crippen LogP) is 2.56. The van der Waals surface area contributed by atoms with E-state index in [9.17, 15) is 9.59 Å². The summed E-state index contributed by atoms with van der Waals surface area (Å²) in [5, 5.41) is 11.7. The van der Waals surface area contributed by atoms with Gasteiger partial charge in [0.2, 0.25) is 0 Å². The van der Waals surface area contributed by atoms with Crippen molar-refractivity contribution in [3.8, 4) is 16.9 Å². The Labute approximate surface area is 155 Å². The number of hydrogen-bond acceptors (Lipinski definition) is 4. The average molecular weight is 373 g/mol. The molecule has 7 heteroatoms.